The van der Waals surface area contributed by atoms with E-state index in [1.807, 2.05) is 37.5 Å². The van der Waals surface area contributed by atoms with Crippen LogP contribution in [0.4, 0.5) is 5.69 Å². The number of benzene rings is 2. The molecule has 2 aromatic carbocycles. The standard InChI is InChI=1S/C23H28N4O4S/c1-6-27-21(13-31-20-11-15(2)7-8-16(20)3)25-26-23(27)32-14-22(28)24-18-12-17(29-4)9-10-19(18)30-5/h7-12H,6,13-14H2,1-5H3,(H,24,28). The molecule has 0 aliphatic heterocycles. The van der Waals surface area contributed by atoms with Crippen LogP contribution in [0.15, 0.2) is 41.6 Å². The Kier molecular flexibility index (Phi) is 7.99. The van der Waals surface area contributed by atoms with Crippen LogP contribution in [-0.2, 0) is 17.9 Å². The number of hydrogen-bond donors (Lipinski definition) is 1. The molecule has 0 fully saturated rings. The molecule has 0 aliphatic carbocycles. The summed E-state index contributed by atoms with van der Waals surface area (Å²) in [6, 6.07) is 11.3. The van der Waals surface area contributed by atoms with Gasteiger partial charge in [-0.15, -0.1) is 10.2 Å². The monoisotopic (exact) mass is 456 g/mol. The third kappa shape index (κ3) is 5.73. The van der Waals surface area contributed by atoms with E-state index < -0.39 is 0 Å². The third-order valence-corrected chi connectivity index (χ3v) is 5.79. The number of nitrogens with zero attached hydrogens (tertiary/aromatic N) is 3. The zero-order chi connectivity index (χ0) is 23.1. The number of amides is 1. The van der Waals surface area contributed by atoms with Gasteiger partial charge >= 0.3 is 0 Å². The van der Waals surface area contributed by atoms with Crippen molar-refractivity contribution in [3.05, 3.63) is 53.3 Å². The summed E-state index contributed by atoms with van der Waals surface area (Å²) in [4.78, 5) is 12.5. The van der Waals surface area contributed by atoms with E-state index in [0.29, 0.717) is 41.3 Å². The molecular formula is C23H28N4O4S. The average molecular weight is 457 g/mol. The molecule has 170 valence electrons. The molecule has 1 aromatic heterocycles. The number of aromatic nitrogens is 3. The van der Waals surface area contributed by atoms with E-state index in [1.54, 1.807) is 32.4 Å². The second-order valence-corrected chi connectivity index (χ2v) is 8.05. The quantitative estimate of drug-likeness (QED) is 0.457. The molecule has 3 rings (SSSR count). The van der Waals surface area contributed by atoms with E-state index in [0.717, 1.165) is 16.9 Å². The largest absolute Gasteiger partial charge is 0.497 e. The van der Waals surface area contributed by atoms with E-state index in [2.05, 4.69) is 21.6 Å². The van der Waals surface area contributed by atoms with Crippen LogP contribution < -0.4 is 19.5 Å². The van der Waals surface area contributed by atoms with Crippen LogP contribution in [0, 0.1) is 13.8 Å². The highest BCUT2D eigenvalue weighted by molar-refractivity contribution is 7.99. The Bertz CT molecular complexity index is 1080. The van der Waals surface area contributed by atoms with Gasteiger partial charge in [0.1, 0.15) is 23.9 Å². The zero-order valence-electron chi connectivity index (χ0n) is 19.0. The van der Waals surface area contributed by atoms with Gasteiger partial charge in [-0.3, -0.25) is 4.79 Å². The molecule has 0 spiro atoms. The number of methoxy groups -OCH3 is 2. The van der Waals surface area contributed by atoms with Gasteiger partial charge in [0, 0.05) is 12.6 Å². The summed E-state index contributed by atoms with van der Waals surface area (Å²) in [7, 11) is 3.13. The summed E-state index contributed by atoms with van der Waals surface area (Å²) in [5.74, 6) is 2.73. The number of carbonyl (C=O) groups excluding carboxylic acids is 1. The van der Waals surface area contributed by atoms with Gasteiger partial charge in [-0.2, -0.15) is 0 Å². The minimum absolute atomic E-state index is 0.177. The Labute approximate surface area is 192 Å². The summed E-state index contributed by atoms with van der Waals surface area (Å²) in [6.45, 7) is 7.03. The zero-order valence-corrected chi connectivity index (χ0v) is 19.8. The molecule has 0 atom stereocenters. The smallest absolute Gasteiger partial charge is 0.234 e. The first kappa shape index (κ1) is 23.5. The van der Waals surface area contributed by atoms with Crippen molar-refractivity contribution in [2.24, 2.45) is 0 Å². The van der Waals surface area contributed by atoms with Crippen molar-refractivity contribution >= 4 is 23.4 Å². The fourth-order valence-corrected chi connectivity index (χ4v) is 3.90. The lowest BCUT2D eigenvalue weighted by molar-refractivity contribution is -0.113. The van der Waals surface area contributed by atoms with Crippen molar-refractivity contribution < 1.29 is 19.0 Å². The average Bonchev–Trinajstić information content (AvgIpc) is 3.19. The minimum Gasteiger partial charge on any atom is -0.497 e. The first-order valence-electron chi connectivity index (χ1n) is 10.2. The number of hydrogen-bond acceptors (Lipinski definition) is 7. The van der Waals surface area contributed by atoms with Gasteiger partial charge in [-0.25, -0.2) is 0 Å². The Morgan fingerprint density at radius 2 is 1.88 bits per heavy atom. The Balaban J connectivity index is 1.63. The lowest BCUT2D eigenvalue weighted by atomic mass is 10.1. The van der Waals surface area contributed by atoms with Gasteiger partial charge in [0.25, 0.3) is 0 Å². The van der Waals surface area contributed by atoms with Crippen molar-refractivity contribution in [2.45, 2.75) is 39.1 Å². The topological polar surface area (TPSA) is 87.5 Å². The van der Waals surface area contributed by atoms with Crippen LogP contribution in [0.1, 0.15) is 23.9 Å². The van der Waals surface area contributed by atoms with E-state index in [-0.39, 0.29) is 11.7 Å². The highest BCUT2D eigenvalue weighted by Gasteiger charge is 2.15. The summed E-state index contributed by atoms with van der Waals surface area (Å²) >= 11 is 1.32. The summed E-state index contributed by atoms with van der Waals surface area (Å²) in [5, 5.41) is 12.0. The van der Waals surface area contributed by atoms with Crippen molar-refractivity contribution in [1.29, 1.82) is 0 Å². The molecule has 0 unspecified atom stereocenters. The van der Waals surface area contributed by atoms with Crippen molar-refractivity contribution in [3.63, 3.8) is 0 Å². The number of nitrogens with one attached hydrogen (secondary N) is 1. The molecule has 1 amide bonds. The number of carbonyl (C=O) groups is 1. The van der Waals surface area contributed by atoms with Gasteiger partial charge < -0.3 is 24.1 Å². The van der Waals surface area contributed by atoms with Crippen LogP contribution in [0.5, 0.6) is 17.2 Å². The molecule has 0 saturated heterocycles. The predicted octanol–water partition coefficient (Wildman–Crippen LogP) is 4.24. The maximum absolute atomic E-state index is 12.5. The van der Waals surface area contributed by atoms with Gasteiger partial charge in [0.2, 0.25) is 5.91 Å². The molecule has 8 nitrogen and oxygen atoms in total. The van der Waals surface area contributed by atoms with E-state index >= 15 is 0 Å². The van der Waals surface area contributed by atoms with Crippen LogP contribution in [-0.4, -0.2) is 40.6 Å². The number of ether oxygens (including phenoxy) is 3. The molecule has 0 radical (unpaired) electrons. The molecule has 0 bridgehead atoms. The highest BCUT2D eigenvalue weighted by atomic mass is 32.2. The Morgan fingerprint density at radius 3 is 2.59 bits per heavy atom. The fraction of sp³-hybridized carbons (Fsp3) is 0.348. The van der Waals surface area contributed by atoms with Gasteiger partial charge in [0.15, 0.2) is 11.0 Å². The van der Waals surface area contributed by atoms with Crippen LogP contribution in [0.3, 0.4) is 0 Å². The van der Waals surface area contributed by atoms with Crippen LogP contribution >= 0.6 is 11.8 Å². The van der Waals surface area contributed by atoms with Gasteiger partial charge in [-0.05, 0) is 50.1 Å². The van der Waals surface area contributed by atoms with Gasteiger partial charge in [-0.1, -0.05) is 23.9 Å². The second-order valence-electron chi connectivity index (χ2n) is 7.10. The predicted molar refractivity (Wildman–Crippen MR) is 125 cm³/mol. The first-order chi connectivity index (χ1) is 15.4. The molecule has 1 N–H and O–H groups in total. The maximum Gasteiger partial charge on any atom is 0.234 e. The normalized spacial score (nSPS) is 10.7. The van der Waals surface area contributed by atoms with Crippen molar-refractivity contribution in [2.75, 3.05) is 25.3 Å². The Morgan fingerprint density at radius 1 is 1.06 bits per heavy atom. The third-order valence-electron chi connectivity index (χ3n) is 4.82. The highest BCUT2D eigenvalue weighted by Crippen LogP contribution is 2.29. The number of anilines is 1. The molecule has 0 aliphatic rings. The second kappa shape index (κ2) is 10.9. The maximum atomic E-state index is 12.5. The lowest BCUT2D eigenvalue weighted by Crippen LogP contribution is -2.15. The van der Waals surface area contributed by atoms with E-state index in [9.17, 15) is 4.79 Å². The number of thioether (sulfide) groups is 1. The minimum atomic E-state index is -0.180. The fourth-order valence-electron chi connectivity index (χ4n) is 3.08. The first-order valence-corrected chi connectivity index (χ1v) is 11.2. The molecular weight excluding hydrogens is 428 g/mol. The lowest BCUT2D eigenvalue weighted by Gasteiger charge is -2.12. The molecule has 1 heterocycles. The SMILES string of the molecule is CCn1c(COc2cc(C)ccc2C)nnc1SCC(=O)Nc1cc(OC)ccc1OC. The van der Waals surface area contributed by atoms with Crippen molar-refractivity contribution in [3.8, 4) is 17.2 Å². The van der Waals surface area contributed by atoms with E-state index in [4.69, 9.17) is 14.2 Å². The Hall–Kier alpha value is -3.20. The number of aryl methyl sites for hydroxylation is 2. The summed E-state index contributed by atoms with van der Waals surface area (Å²) < 4.78 is 18.5. The number of rotatable bonds is 10. The molecule has 32 heavy (non-hydrogen) atoms. The van der Waals surface area contributed by atoms with Crippen molar-refractivity contribution in [1.82, 2.24) is 14.8 Å². The van der Waals surface area contributed by atoms with Crippen LogP contribution in [0.2, 0.25) is 0 Å². The summed E-state index contributed by atoms with van der Waals surface area (Å²) in [5.41, 5.74) is 2.76. The van der Waals surface area contributed by atoms with Gasteiger partial charge in [0.05, 0.1) is 25.7 Å². The summed E-state index contributed by atoms with van der Waals surface area (Å²) in [6.07, 6.45) is 0. The van der Waals surface area contributed by atoms with E-state index in [1.165, 1.54) is 11.8 Å². The van der Waals surface area contributed by atoms with Crippen LogP contribution in [0.25, 0.3) is 0 Å². The molecule has 3 aromatic rings. The molecule has 9 heteroatoms. The molecule has 0 saturated carbocycles.